The Morgan fingerprint density at radius 1 is 1.67 bits per heavy atom. The fourth-order valence-corrected chi connectivity index (χ4v) is 1.31. The number of carboxylic acid groups (broad SMARTS) is 1. The van der Waals surface area contributed by atoms with Crippen molar-refractivity contribution in [3.8, 4) is 0 Å². The second-order valence-corrected chi connectivity index (χ2v) is 2.68. The molecule has 0 aromatic carbocycles. The van der Waals surface area contributed by atoms with Crippen LogP contribution in [0, 0.1) is 6.92 Å². The van der Waals surface area contributed by atoms with Crippen molar-refractivity contribution in [1.29, 1.82) is 0 Å². The number of hydrogen-bond acceptors (Lipinski definition) is 3. The summed E-state index contributed by atoms with van der Waals surface area (Å²) in [6.45, 7) is 3.69. The third-order valence-corrected chi connectivity index (χ3v) is 1.91. The Bertz CT molecular complexity index is 315. The van der Waals surface area contributed by atoms with Gasteiger partial charge in [0.2, 0.25) is 0 Å². The molecule has 0 saturated heterocycles. The molecule has 66 valence electrons. The van der Waals surface area contributed by atoms with Crippen LogP contribution in [-0.4, -0.2) is 15.7 Å². The number of hydrogen-bond donors (Lipinski definition) is 0. The van der Waals surface area contributed by atoms with Gasteiger partial charge in [-0.15, -0.1) is 0 Å². The minimum Gasteiger partial charge on any atom is -0.543 e. The zero-order valence-corrected chi connectivity index (χ0v) is 7.42. The van der Waals surface area contributed by atoms with Crippen LogP contribution in [-0.2, 0) is 13.5 Å². The summed E-state index contributed by atoms with van der Waals surface area (Å²) in [7, 11) is 1.61. The summed E-state index contributed by atoms with van der Waals surface area (Å²) in [6.07, 6.45) is 0.743. The molecule has 0 fully saturated rings. The molecule has 0 spiro atoms. The summed E-state index contributed by atoms with van der Waals surface area (Å²) < 4.78 is 1.35. The molecule has 0 unspecified atom stereocenters. The van der Waals surface area contributed by atoms with Gasteiger partial charge >= 0.3 is 0 Å². The summed E-state index contributed by atoms with van der Waals surface area (Å²) in [4.78, 5) is 10.6. The molecule has 4 nitrogen and oxygen atoms in total. The highest BCUT2D eigenvalue weighted by Crippen LogP contribution is 2.11. The molecular weight excluding hydrogens is 156 g/mol. The predicted octanol–water partition coefficient (Wildman–Crippen LogP) is -0.346. The average molecular weight is 167 g/mol. The van der Waals surface area contributed by atoms with Crippen molar-refractivity contribution in [2.45, 2.75) is 20.3 Å². The minimum absolute atomic E-state index is 0.173. The molecule has 1 aromatic rings. The van der Waals surface area contributed by atoms with Crippen LogP contribution in [0.4, 0.5) is 0 Å². The molecule has 4 heteroatoms. The van der Waals surface area contributed by atoms with E-state index in [9.17, 15) is 9.90 Å². The van der Waals surface area contributed by atoms with E-state index in [1.165, 1.54) is 4.68 Å². The molecule has 0 amide bonds. The highest BCUT2D eigenvalue weighted by molar-refractivity contribution is 5.85. The Hall–Kier alpha value is -1.32. The molecule has 1 heterocycles. The second-order valence-electron chi connectivity index (χ2n) is 2.68. The lowest BCUT2D eigenvalue weighted by Gasteiger charge is -2.02. The van der Waals surface area contributed by atoms with E-state index in [4.69, 9.17) is 0 Å². The normalized spacial score (nSPS) is 10.2. The first-order valence-electron chi connectivity index (χ1n) is 3.81. The van der Waals surface area contributed by atoms with Crippen LogP contribution in [0.2, 0.25) is 0 Å². The van der Waals surface area contributed by atoms with Crippen molar-refractivity contribution < 1.29 is 9.90 Å². The SMILES string of the molecule is CCc1nn(C)c(C(=O)[O-])c1C. The summed E-state index contributed by atoms with van der Waals surface area (Å²) in [5.74, 6) is -1.16. The summed E-state index contributed by atoms with van der Waals surface area (Å²) in [5, 5.41) is 14.6. The zero-order valence-electron chi connectivity index (χ0n) is 7.42. The van der Waals surface area contributed by atoms with E-state index in [1.807, 2.05) is 6.92 Å². The van der Waals surface area contributed by atoms with Crippen molar-refractivity contribution in [3.05, 3.63) is 17.0 Å². The third-order valence-electron chi connectivity index (χ3n) is 1.91. The number of aromatic nitrogens is 2. The Morgan fingerprint density at radius 2 is 2.25 bits per heavy atom. The molecule has 0 radical (unpaired) electrons. The standard InChI is InChI=1S/C8H12N2O2/c1-4-6-5(2)7(8(11)12)10(3)9-6/h4H2,1-3H3,(H,11,12)/p-1. The number of carboxylic acids is 1. The van der Waals surface area contributed by atoms with Gasteiger partial charge in [-0.3, -0.25) is 4.68 Å². The van der Waals surface area contributed by atoms with Crippen molar-refractivity contribution in [2.75, 3.05) is 0 Å². The molecule has 12 heavy (non-hydrogen) atoms. The maximum atomic E-state index is 10.6. The van der Waals surface area contributed by atoms with Crippen LogP contribution in [0.5, 0.6) is 0 Å². The first-order chi connectivity index (χ1) is 5.57. The fraction of sp³-hybridized carbons (Fsp3) is 0.500. The first kappa shape index (κ1) is 8.77. The number of rotatable bonds is 2. The van der Waals surface area contributed by atoms with E-state index in [0.717, 1.165) is 12.1 Å². The van der Waals surface area contributed by atoms with E-state index < -0.39 is 5.97 Å². The maximum Gasteiger partial charge on any atom is 0.0899 e. The van der Waals surface area contributed by atoms with Crippen LogP contribution in [0.25, 0.3) is 0 Å². The molecule has 0 aliphatic rings. The Morgan fingerprint density at radius 3 is 2.50 bits per heavy atom. The number of aryl methyl sites for hydroxylation is 2. The van der Waals surface area contributed by atoms with Gasteiger partial charge in [-0.1, -0.05) is 6.92 Å². The van der Waals surface area contributed by atoms with E-state index in [-0.39, 0.29) is 5.69 Å². The molecule has 0 aliphatic heterocycles. The fourth-order valence-electron chi connectivity index (χ4n) is 1.31. The van der Waals surface area contributed by atoms with Gasteiger partial charge in [-0.25, -0.2) is 0 Å². The minimum atomic E-state index is -1.16. The van der Waals surface area contributed by atoms with Crippen molar-refractivity contribution in [3.63, 3.8) is 0 Å². The van der Waals surface area contributed by atoms with Gasteiger partial charge in [0.05, 0.1) is 17.4 Å². The van der Waals surface area contributed by atoms with Crippen LogP contribution in [0.1, 0.15) is 28.7 Å². The number of carbonyl (C=O) groups excluding carboxylic acids is 1. The van der Waals surface area contributed by atoms with Gasteiger partial charge in [0, 0.05) is 7.05 Å². The van der Waals surface area contributed by atoms with Crippen LogP contribution in [0.15, 0.2) is 0 Å². The highest BCUT2D eigenvalue weighted by Gasteiger charge is 2.10. The average Bonchev–Trinajstić information content (AvgIpc) is 2.25. The molecule has 0 aliphatic carbocycles. The van der Waals surface area contributed by atoms with Crippen molar-refractivity contribution in [2.24, 2.45) is 7.05 Å². The third kappa shape index (κ3) is 1.20. The predicted molar refractivity (Wildman–Crippen MR) is 41.7 cm³/mol. The van der Waals surface area contributed by atoms with Crippen molar-refractivity contribution >= 4 is 5.97 Å². The van der Waals surface area contributed by atoms with Crippen LogP contribution in [0.3, 0.4) is 0 Å². The van der Waals surface area contributed by atoms with E-state index in [1.54, 1.807) is 14.0 Å². The van der Waals surface area contributed by atoms with Gasteiger partial charge < -0.3 is 9.90 Å². The van der Waals surface area contributed by atoms with Crippen molar-refractivity contribution in [1.82, 2.24) is 9.78 Å². The Kier molecular flexibility index (Phi) is 2.17. The smallest absolute Gasteiger partial charge is 0.0899 e. The monoisotopic (exact) mass is 167 g/mol. The lowest BCUT2D eigenvalue weighted by molar-refractivity contribution is -0.255. The quantitative estimate of drug-likeness (QED) is 0.605. The molecule has 1 aromatic heterocycles. The number of aromatic carboxylic acids is 1. The molecule has 0 atom stereocenters. The van der Waals surface area contributed by atoms with Crippen LogP contribution >= 0.6 is 0 Å². The summed E-state index contributed by atoms with van der Waals surface area (Å²) in [5.41, 5.74) is 1.70. The first-order valence-corrected chi connectivity index (χ1v) is 3.81. The van der Waals surface area contributed by atoms with Crippen LogP contribution < -0.4 is 5.11 Å². The zero-order chi connectivity index (χ0) is 9.30. The van der Waals surface area contributed by atoms with Gasteiger partial charge in [-0.2, -0.15) is 5.10 Å². The van der Waals surface area contributed by atoms with E-state index >= 15 is 0 Å². The van der Waals surface area contributed by atoms with E-state index in [0.29, 0.717) is 5.56 Å². The number of carbonyl (C=O) groups is 1. The van der Waals surface area contributed by atoms with E-state index in [2.05, 4.69) is 5.10 Å². The lowest BCUT2D eigenvalue weighted by atomic mass is 10.2. The Balaban J connectivity index is 3.28. The summed E-state index contributed by atoms with van der Waals surface area (Å²) in [6, 6.07) is 0. The molecule has 0 bridgehead atoms. The summed E-state index contributed by atoms with van der Waals surface area (Å²) >= 11 is 0. The molecule has 0 N–H and O–H groups in total. The maximum absolute atomic E-state index is 10.6. The lowest BCUT2D eigenvalue weighted by Crippen LogP contribution is -2.25. The topological polar surface area (TPSA) is 58.0 Å². The van der Waals surface area contributed by atoms with Gasteiger partial charge in [0.1, 0.15) is 0 Å². The molecule has 0 saturated carbocycles. The molecular formula is C8H11N2O2-. The highest BCUT2D eigenvalue weighted by atomic mass is 16.4. The Labute approximate surface area is 70.8 Å². The number of nitrogens with zero attached hydrogens (tertiary/aromatic N) is 2. The molecule has 1 rings (SSSR count). The van der Waals surface area contributed by atoms with Gasteiger partial charge in [0.25, 0.3) is 0 Å². The largest absolute Gasteiger partial charge is 0.543 e. The second kappa shape index (κ2) is 2.97. The van der Waals surface area contributed by atoms with Gasteiger partial charge in [0.15, 0.2) is 0 Å². The van der Waals surface area contributed by atoms with Gasteiger partial charge in [-0.05, 0) is 18.9 Å².